The molecule has 2 amide bonds. The molecule has 3 aromatic rings. The number of likely N-dealkylation sites (tertiary alicyclic amines) is 1. The summed E-state index contributed by atoms with van der Waals surface area (Å²) in [7, 11) is 1.47. The number of anilines is 1. The van der Waals surface area contributed by atoms with Gasteiger partial charge in [0.2, 0.25) is 11.3 Å². The minimum absolute atomic E-state index is 0.0554. The summed E-state index contributed by atoms with van der Waals surface area (Å²) in [5, 5.41) is 5.97. The van der Waals surface area contributed by atoms with Crippen molar-refractivity contribution in [1.82, 2.24) is 25.1 Å². The van der Waals surface area contributed by atoms with Crippen LogP contribution in [0.15, 0.2) is 41.2 Å². The van der Waals surface area contributed by atoms with Gasteiger partial charge in [0.05, 0.1) is 11.1 Å². The maximum atomic E-state index is 13.0. The van der Waals surface area contributed by atoms with E-state index in [9.17, 15) is 14.4 Å². The van der Waals surface area contributed by atoms with E-state index in [0.717, 1.165) is 50.2 Å². The van der Waals surface area contributed by atoms with Crippen molar-refractivity contribution in [2.45, 2.75) is 65.0 Å². The highest BCUT2D eigenvalue weighted by Gasteiger charge is 2.23. The molecule has 39 heavy (non-hydrogen) atoms. The summed E-state index contributed by atoms with van der Waals surface area (Å²) in [6.45, 7) is 7.49. The summed E-state index contributed by atoms with van der Waals surface area (Å²) in [6, 6.07) is 12.2. The number of aryl methyl sites for hydroxylation is 2. The van der Waals surface area contributed by atoms with E-state index in [-0.39, 0.29) is 17.3 Å². The van der Waals surface area contributed by atoms with Crippen LogP contribution in [-0.2, 0) is 17.8 Å². The number of benzene rings is 1. The van der Waals surface area contributed by atoms with Gasteiger partial charge in [-0.05, 0) is 69.8 Å². The third-order valence-corrected chi connectivity index (χ3v) is 7.73. The number of unbranched alkanes of at least 4 members (excludes halogenated alkanes) is 1. The number of hydrogen-bond donors (Lipinski definition) is 3. The Balaban J connectivity index is 1.36. The van der Waals surface area contributed by atoms with Crippen molar-refractivity contribution in [3.05, 3.63) is 57.7 Å². The fraction of sp³-hybridized carbons (Fsp3) is 0.467. The van der Waals surface area contributed by atoms with Crippen molar-refractivity contribution in [3.63, 3.8) is 0 Å². The molecule has 1 atom stereocenters. The number of nitrogens with two attached hydrogens (primary N) is 1. The molecule has 208 valence electrons. The lowest BCUT2D eigenvalue weighted by molar-refractivity contribution is -0.121. The second kappa shape index (κ2) is 12.9. The molecule has 9 nitrogen and oxygen atoms in total. The first-order valence-corrected chi connectivity index (χ1v) is 14.0. The molecule has 9 heteroatoms. The molecule has 1 fully saturated rings. The first-order valence-electron chi connectivity index (χ1n) is 14.0. The Morgan fingerprint density at radius 3 is 2.54 bits per heavy atom. The van der Waals surface area contributed by atoms with E-state index in [1.807, 2.05) is 19.1 Å². The van der Waals surface area contributed by atoms with E-state index >= 15 is 0 Å². The monoisotopic (exact) mass is 532 g/mol. The highest BCUT2D eigenvalue weighted by atomic mass is 16.2. The number of carbonyl (C=O) groups excluding carboxylic acids is 2. The number of likely N-dealkylation sites (N-methyl/N-ethyl adjacent to an activating group) is 1. The molecule has 1 aromatic carbocycles. The standard InChI is InChI=1S/C30H40N6O3/c1-4-35-18-8-10-22(35)19-33-25(37)11-7-6-9-20-12-14-21(15-13-20)24-17-16-23-27(38)26(30(39)32-3)28(31)36(5-2)29(23)34-24/h12-17,22H,4-11,18-19,31H2,1-3H3,(H,32,39)(H,33,37). The van der Waals surface area contributed by atoms with Crippen LogP contribution in [0.3, 0.4) is 0 Å². The molecule has 0 spiro atoms. The van der Waals surface area contributed by atoms with Gasteiger partial charge in [-0.1, -0.05) is 31.2 Å². The Morgan fingerprint density at radius 1 is 1.08 bits per heavy atom. The SMILES string of the molecule is CCN1CCCC1CNC(=O)CCCCc1ccc(-c2ccc3c(=O)c(C(=O)NC)c(N)n(CC)c3n2)cc1. The van der Waals surface area contributed by atoms with Gasteiger partial charge in [0, 0.05) is 38.2 Å². The number of fused-ring (bicyclic) bond motifs is 1. The van der Waals surface area contributed by atoms with Gasteiger partial charge in [0.15, 0.2) is 0 Å². The molecular weight excluding hydrogens is 492 g/mol. The Labute approximate surface area is 229 Å². The highest BCUT2D eigenvalue weighted by Crippen LogP contribution is 2.24. The van der Waals surface area contributed by atoms with Gasteiger partial charge in [-0.15, -0.1) is 0 Å². The van der Waals surface area contributed by atoms with Crippen LogP contribution >= 0.6 is 0 Å². The van der Waals surface area contributed by atoms with Crippen LogP contribution in [0.1, 0.15) is 61.9 Å². The molecule has 2 aromatic heterocycles. The van der Waals surface area contributed by atoms with Crippen LogP contribution in [0, 0.1) is 0 Å². The number of nitrogen functional groups attached to an aromatic ring is 1. The first kappa shape index (κ1) is 28.3. The molecule has 4 rings (SSSR count). The predicted molar refractivity (Wildman–Crippen MR) is 156 cm³/mol. The number of carbonyl (C=O) groups is 2. The average Bonchev–Trinajstić information content (AvgIpc) is 3.42. The molecule has 1 saturated heterocycles. The van der Waals surface area contributed by atoms with Gasteiger partial charge >= 0.3 is 0 Å². The average molecular weight is 533 g/mol. The zero-order chi connectivity index (χ0) is 27.9. The van der Waals surface area contributed by atoms with Gasteiger partial charge < -0.3 is 20.9 Å². The van der Waals surface area contributed by atoms with Crippen molar-refractivity contribution in [2.24, 2.45) is 0 Å². The van der Waals surface area contributed by atoms with Crippen LogP contribution in [0.4, 0.5) is 5.82 Å². The van der Waals surface area contributed by atoms with Crippen molar-refractivity contribution >= 4 is 28.7 Å². The van der Waals surface area contributed by atoms with Gasteiger partial charge in [-0.3, -0.25) is 19.3 Å². The lowest BCUT2D eigenvalue weighted by Gasteiger charge is -2.22. The van der Waals surface area contributed by atoms with E-state index in [2.05, 4.69) is 34.6 Å². The molecule has 0 aliphatic carbocycles. The number of amides is 2. The van der Waals surface area contributed by atoms with E-state index in [1.165, 1.54) is 25.5 Å². The normalized spacial score (nSPS) is 15.5. The maximum Gasteiger partial charge on any atom is 0.258 e. The number of pyridine rings is 2. The summed E-state index contributed by atoms with van der Waals surface area (Å²) in [5.41, 5.74) is 9.06. The Morgan fingerprint density at radius 2 is 1.85 bits per heavy atom. The Bertz CT molecular complexity index is 1380. The topological polar surface area (TPSA) is 122 Å². The predicted octanol–water partition coefficient (Wildman–Crippen LogP) is 3.34. The summed E-state index contributed by atoms with van der Waals surface area (Å²) in [6.07, 6.45) is 5.65. The quantitative estimate of drug-likeness (QED) is 0.326. The molecule has 0 bridgehead atoms. The number of hydrogen-bond acceptors (Lipinski definition) is 6. The molecule has 0 radical (unpaired) electrons. The zero-order valence-electron chi connectivity index (χ0n) is 23.3. The lowest BCUT2D eigenvalue weighted by atomic mass is 10.0. The van der Waals surface area contributed by atoms with Gasteiger partial charge in [-0.25, -0.2) is 4.98 Å². The summed E-state index contributed by atoms with van der Waals surface area (Å²) >= 11 is 0. The third kappa shape index (κ3) is 6.30. The molecule has 1 aliphatic rings. The molecule has 4 N–H and O–H groups in total. The second-order valence-electron chi connectivity index (χ2n) is 10.1. The van der Waals surface area contributed by atoms with Crippen LogP contribution in [0.25, 0.3) is 22.3 Å². The smallest absolute Gasteiger partial charge is 0.258 e. The Kier molecular flexibility index (Phi) is 9.35. The van der Waals surface area contributed by atoms with Crippen molar-refractivity contribution in [2.75, 3.05) is 32.4 Å². The number of nitrogens with zero attached hydrogens (tertiary/aromatic N) is 3. The third-order valence-electron chi connectivity index (χ3n) is 7.73. The van der Waals surface area contributed by atoms with Crippen LogP contribution in [0.2, 0.25) is 0 Å². The number of aromatic nitrogens is 2. The van der Waals surface area contributed by atoms with Crippen LogP contribution in [-0.4, -0.2) is 59.0 Å². The summed E-state index contributed by atoms with van der Waals surface area (Å²) < 4.78 is 1.70. The van der Waals surface area contributed by atoms with Crippen molar-refractivity contribution in [3.8, 4) is 11.3 Å². The van der Waals surface area contributed by atoms with Crippen molar-refractivity contribution in [1.29, 1.82) is 0 Å². The van der Waals surface area contributed by atoms with Crippen LogP contribution in [0.5, 0.6) is 0 Å². The van der Waals surface area contributed by atoms with Gasteiger partial charge in [-0.2, -0.15) is 0 Å². The molecule has 1 aliphatic heterocycles. The van der Waals surface area contributed by atoms with Crippen LogP contribution < -0.4 is 21.8 Å². The highest BCUT2D eigenvalue weighted by molar-refractivity contribution is 6.01. The van der Waals surface area contributed by atoms with E-state index in [1.54, 1.807) is 16.7 Å². The lowest BCUT2D eigenvalue weighted by Crippen LogP contribution is -2.39. The molecule has 0 saturated carbocycles. The summed E-state index contributed by atoms with van der Waals surface area (Å²) in [4.78, 5) is 44.7. The molecule has 3 heterocycles. The Hall–Kier alpha value is -3.72. The first-order chi connectivity index (χ1) is 18.9. The van der Waals surface area contributed by atoms with E-state index < -0.39 is 11.3 Å². The van der Waals surface area contributed by atoms with Crippen molar-refractivity contribution < 1.29 is 9.59 Å². The molecule has 1 unspecified atom stereocenters. The second-order valence-corrected chi connectivity index (χ2v) is 10.1. The molecular formula is C30H40N6O3. The zero-order valence-corrected chi connectivity index (χ0v) is 23.3. The number of nitrogens with one attached hydrogen (secondary N) is 2. The fourth-order valence-corrected chi connectivity index (χ4v) is 5.48. The summed E-state index contributed by atoms with van der Waals surface area (Å²) in [5.74, 6) is -0.247. The van der Waals surface area contributed by atoms with E-state index in [4.69, 9.17) is 10.7 Å². The minimum Gasteiger partial charge on any atom is -0.384 e. The minimum atomic E-state index is -0.505. The van der Waals surface area contributed by atoms with E-state index in [0.29, 0.717) is 30.0 Å². The number of rotatable bonds is 11. The fourth-order valence-electron chi connectivity index (χ4n) is 5.48. The maximum absolute atomic E-state index is 13.0. The van der Waals surface area contributed by atoms with Gasteiger partial charge in [0.1, 0.15) is 17.0 Å². The van der Waals surface area contributed by atoms with Gasteiger partial charge in [0.25, 0.3) is 5.91 Å². The largest absolute Gasteiger partial charge is 0.384 e.